The molecular weight excluding hydrogens is 351 g/mol. The van der Waals surface area contributed by atoms with Gasteiger partial charge >= 0.3 is 6.18 Å². The number of piperazine rings is 1. The number of fused-ring (bicyclic) bond motifs is 1. The number of alkyl halides is 3. The minimum atomic E-state index is -4.32. The van der Waals surface area contributed by atoms with Crippen LogP contribution in [0, 0.1) is 0 Å². The molecular formula is C21H20F3N3. The molecule has 0 bridgehead atoms. The minimum absolute atomic E-state index is 0.0769. The fourth-order valence-electron chi connectivity index (χ4n) is 3.68. The van der Waals surface area contributed by atoms with Crippen LogP contribution >= 0.6 is 0 Å². The molecule has 0 saturated carbocycles. The smallest absolute Gasteiger partial charge is 0.314 e. The predicted octanol–water partition coefficient (Wildman–Crippen LogP) is 4.25. The van der Waals surface area contributed by atoms with Crippen LogP contribution in [-0.2, 0) is 6.18 Å². The van der Waals surface area contributed by atoms with Crippen molar-refractivity contribution >= 4 is 10.8 Å². The number of nitrogens with zero attached hydrogens (tertiary/aromatic N) is 2. The van der Waals surface area contributed by atoms with Gasteiger partial charge in [0.2, 0.25) is 0 Å². The van der Waals surface area contributed by atoms with Crippen molar-refractivity contribution in [2.75, 3.05) is 26.2 Å². The van der Waals surface area contributed by atoms with Gasteiger partial charge in [0.1, 0.15) is 0 Å². The van der Waals surface area contributed by atoms with Crippen LogP contribution in [0.1, 0.15) is 22.7 Å². The first-order valence-electron chi connectivity index (χ1n) is 8.98. The molecule has 0 spiro atoms. The predicted molar refractivity (Wildman–Crippen MR) is 99.5 cm³/mol. The minimum Gasteiger partial charge on any atom is -0.314 e. The average molecular weight is 371 g/mol. The average Bonchev–Trinajstić information content (AvgIpc) is 2.69. The Balaban J connectivity index is 1.76. The molecule has 140 valence electrons. The summed E-state index contributed by atoms with van der Waals surface area (Å²) in [5, 5.41) is 5.46. The third-order valence-electron chi connectivity index (χ3n) is 5.05. The van der Waals surface area contributed by atoms with E-state index in [1.807, 2.05) is 24.4 Å². The molecule has 1 N–H and O–H groups in total. The van der Waals surface area contributed by atoms with Gasteiger partial charge in [-0.3, -0.25) is 9.88 Å². The summed E-state index contributed by atoms with van der Waals surface area (Å²) >= 11 is 0. The van der Waals surface area contributed by atoms with Gasteiger partial charge in [-0.05, 0) is 40.8 Å². The van der Waals surface area contributed by atoms with Crippen LogP contribution in [0.25, 0.3) is 10.8 Å². The summed E-state index contributed by atoms with van der Waals surface area (Å²) in [7, 11) is 0. The van der Waals surface area contributed by atoms with Gasteiger partial charge < -0.3 is 5.32 Å². The fourth-order valence-corrected chi connectivity index (χ4v) is 3.68. The molecule has 0 radical (unpaired) electrons. The Hall–Kier alpha value is -2.44. The monoisotopic (exact) mass is 371 g/mol. The number of pyridine rings is 1. The second kappa shape index (κ2) is 7.29. The van der Waals surface area contributed by atoms with E-state index in [2.05, 4.69) is 21.3 Å². The molecule has 1 atom stereocenters. The number of rotatable bonds is 3. The summed E-state index contributed by atoms with van der Waals surface area (Å²) in [5.41, 5.74) is 1.34. The molecule has 3 aromatic rings. The van der Waals surface area contributed by atoms with Crippen LogP contribution in [-0.4, -0.2) is 36.1 Å². The first-order chi connectivity index (χ1) is 13.0. The summed E-state index contributed by atoms with van der Waals surface area (Å²) < 4.78 is 38.8. The van der Waals surface area contributed by atoms with Crippen molar-refractivity contribution in [3.05, 3.63) is 77.6 Å². The van der Waals surface area contributed by atoms with Crippen LogP contribution in [0.2, 0.25) is 0 Å². The Morgan fingerprint density at radius 1 is 0.889 bits per heavy atom. The van der Waals surface area contributed by atoms with Crippen molar-refractivity contribution in [1.29, 1.82) is 0 Å². The van der Waals surface area contributed by atoms with Crippen molar-refractivity contribution in [1.82, 2.24) is 15.2 Å². The van der Waals surface area contributed by atoms with Gasteiger partial charge in [0, 0.05) is 44.0 Å². The lowest BCUT2D eigenvalue weighted by Crippen LogP contribution is -2.45. The van der Waals surface area contributed by atoms with E-state index in [9.17, 15) is 13.2 Å². The lowest BCUT2D eigenvalue weighted by molar-refractivity contribution is -0.137. The highest BCUT2D eigenvalue weighted by Gasteiger charge is 2.31. The van der Waals surface area contributed by atoms with Crippen LogP contribution in [0.4, 0.5) is 13.2 Å². The second-order valence-electron chi connectivity index (χ2n) is 6.79. The van der Waals surface area contributed by atoms with Crippen LogP contribution in [0.5, 0.6) is 0 Å². The molecule has 1 aliphatic rings. The molecule has 1 unspecified atom stereocenters. The molecule has 0 amide bonds. The van der Waals surface area contributed by atoms with E-state index >= 15 is 0 Å². The number of aromatic nitrogens is 1. The van der Waals surface area contributed by atoms with Gasteiger partial charge in [-0.2, -0.15) is 13.2 Å². The first kappa shape index (κ1) is 17.9. The third kappa shape index (κ3) is 3.82. The number of hydrogen-bond acceptors (Lipinski definition) is 3. The van der Waals surface area contributed by atoms with E-state index in [0.717, 1.165) is 48.1 Å². The molecule has 1 aromatic heterocycles. The fraction of sp³-hybridized carbons (Fsp3) is 0.286. The molecule has 4 rings (SSSR count). The summed E-state index contributed by atoms with van der Waals surface area (Å²) in [6.45, 7) is 3.43. The molecule has 27 heavy (non-hydrogen) atoms. The molecule has 2 aromatic carbocycles. The zero-order valence-corrected chi connectivity index (χ0v) is 14.7. The van der Waals surface area contributed by atoms with Crippen molar-refractivity contribution in [2.45, 2.75) is 12.2 Å². The lowest BCUT2D eigenvalue weighted by atomic mass is 9.94. The normalized spacial score (nSPS) is 17.1. The van der Waals surface area contributed by atoms with E-state index in [-0.39, 0.29) is 6.04 Å². The molecule has 1 aliphatic heterocycles. The van der Waals surface area contributed by atoms with Crippen molar-refractivity contribution < 1.29 is 13.2 Å². The van der Waals surface area contributed by atoms with Crippen LogP contribution < -0.4 is 5.32 Å². The Labute approximate surface area is 155 Å². The topological polar surface area (TPSA) is 28.2 Å². The molecule has 0 aliphatic carbocycles. The van der Waals surface area contributed by atoms with E-state index in [1.165, 1.54) is 12.1 Å². The van der Waals surface area contributed by atoms with E-state index < -0.39 is 11.7 Å². The van der Waals surface area contributed by atoms with Crippen molar-refractivity contribution in [2.24, 2.45) is 0 Å². The van der Waals surface area contributed by atoms with Gasteiger partial charge in [-0.1, -0.05) is 24.3 Å². The van der Waals surface area contributed by atoms with E-state index in [1.54, 1.807) is 18.3 Å². The maximum absolute atomic E-state index is 12.9. The second-order valence-corrected chi connectivity index (χ2v) is 6.79. The van der Waals surface area contributed by atoms with Gasteiger partial charge in [0.15, 0.2) is 0 Å². The van der Waals surface area contributed by atoms with E-state index in [4.69, 9.17) is 0 Å². The maximum atomic E-state index is 12.9. The van der Waals surface area contributed by atoms with Gasteiger partial charge in [0.05, 0.1) is 11.6 Å². The van der Waals surface area contributed by atoms with Gasteiger partial charge in [-0.25, -0.2) is 0 Å². The number of benzene rings is 2. The summed E-state index contributed by atoms with van der Waals surface area (Å²) in [6, 6.07) is 13.6. The molecule has 1 fully saturated rings. The molecule has 6 heteroatoms. The standard InChI is InChI=1S/C21H20F3N3/c22-21(23,24)19-5-3-15(4-6-19)20(27-11-9-25-10-12-27)17-1-2-18-14-26-8-7-16(18)13-17/h1-8,13-14,20,25H,9-12H2. The largest absolute Gasteiger partial charge is 0.416 e. The van der Waals surface area contributed by atoms with Gasteiger partial charge in [-0.15, -0.1) is 0 Å². The summed E-state index contributed by atoms with van der Waals surface area (Å²) in [5.74, 6) is 0. The number of halogens is 3. The highest BCUT2D eigenvalue weighted by Crippen LogP contribution is 2.34. The Morgan fingerprint density at radius 2 is 1.59 bits per heavy atom. The summed E-state index contributed by atoms with van der Waals surface area (Å²) in [4.78, 5) is 6.46. The zero-order valence-electron chi connectivity index (χ0n) is 14.7. The molecule has 2 heterocycles. The Bertz CT molecular complexity index is 916. The highest BCUT2D eigenvalue weighted by atomic mass is 19.4. The quantitative estimate of drug-likeness (QED) is 0.746. The Kier molecular flexibility index (Phi) is 4.85. The van der Waals surface area contributed by atoms with Crippen LogP contribution in [0.3, 0.4) is 0 Å². The maximum Gasteiger partial charge on any atom is 0.416 e. The van der Waals surface area contributed by atoms with E-state index in [0.29, 0.717) is 0 Å². The highest BCUT2D eigenvalue weighted by molar-refractivity contribution is 5.82. The summed E-state index contributed by atoms with van der Waals surface area (Å²) in [6.07, 6.45) is -0.750. The van der Waals surface area contributed by atoms with Crippen molar-refractivity contribution in [3.63, 3.8) is 0 Å². The van der Waals surface area contributed by atoms with Gasteiger partial charge in [0.25, 0.3) is 0 Å². The van der Waals surface area contributed by atoms with Crippen LogP contribution in [0.15, 0.2) is 60.9 Å². The third-order valence-corrected chi connectivity index (χ3v) is 5.05. The molecule has 1 saturated heterocycles. The zero-order chi connectivity index (χ0) is 18.9. The number of hydrogen-bond donors (Lipinski definition) is 1. The SMILES string of the molecule is FC(F)(F)c1ccc(C(c2ccc3cnccc3c2)N2CCNCC2)cc1. The lowest BCUT2D eigenvalue weighted by Gasteiger charge is -2.35. The number of nitrogens with one attached hydrogen (secondary N) is 1. The Morgan fingerprint density at radius 3 is 2.30 bits per heavy atom. The first-order valence-corrected chi connectivity index (χ1v) is 8.98. The van der Waals surface area contributed by atoms with Crippen molar-refractivity contribution in [3.8, 4) is 0 Å². The molecule has 3 nitrogen and oxygen atoms in total.